The predicted molar refractivity (Wildman–Crippen MR) is 42.0 cm³/mol. The summed E-state index contributed by atoms with van der Waals surface area (Å²) in [7, 11) is 0. The quantitative estimate of drug-likeness (QED) is 0.582. The van der Waals surface area contributed by atoms with Crippen molar-refractivity contribution in [3.05, 3.63) is 0 Å². The molecule has 0 fully saturated rings. The van der Waals surface area contributed by atoms with Crippen LogP contribution in [0, 0.1) is 0 Å². The standard InChI is InChI=1S/2C3H8O.ClH.Ti/c2*1-3(2)4;;/h2*3-4H,1-2H3;1H;. The van der Waals surface area contributed by atoms with Crippen LogP contribution in [0.3, 0.4) is 0 Å². The van der Waals surface area contributed by atoms with Crippen LogP contribution in [0.15, 0.2) is 0 Å². The average molecular weight is 205 g/mol. The molecule has 0 unspecified atom stereocenters. The Labute approximate surface area is 84.3 Å². The van der Waals surface area contributed by atoms with Gasteiger partial charge in [-0.15, -0.1) is 12.4 Å². The van der Waals surface area contributed by atoms with Crippen LogP contribution in [0.1, 0.15) is 27.7 Å². The third-order valence-electron chi connectivity index (χ3n) is 0. The maximum atomic E-state index is 8.06. The predicted octanol–water partition coefficient (Wildman–Crippen LogP) is 1.19. The van der Waals surface area contributed by atoms with Crippen molar-refractivity contribution in [1.29, 1.82) is 0 Å². The van der Waals surface area contributed by atoms with Crippen molar-refractivity contribution in [3.63, 3.8) is 0 Å². The number of halogens is 1. The summed E-state index contributed by atoms with van der Waals surface area (Å²) in [6.45, 7) is 6.89. The van der Waals surface area contributed by atoms with E-state index >= 15 is 0 Å². The second-order valence-corrected chi connectivity index (χ2v) is 2.19. The molecule has 2 nitrogen and oxygen atoms in total. The van der Waals surface area contributed by atoms with Gasteiger partial charge in [0.25, 0.3) is 0 Å². The monoisotopic (exact) mass is 204 g/mol. The first-order valence-electron chi connectivity index (χ1n) is 2.83. The molecule has 0 saturated carbocycles. The molecule has 0 amide bonds. The molecule has 0 aromatic carbocycles. The molecule has 0 rings (SSSR count). The van der Waals surface area contributed by atoms with Gasteiger partial charge in [-0.25, -0.2) is 0 Å². The zero-order valence-corrected chi connectivity index (χ0v) is 9.34. The van der Waals surface area contributed by atoms with Crippen molar-refractivity contribution in [1.82, 2.24) is 0 Å². The third-order valence-corrected chi connectivity index (χ3v) is 0. The molecular formula is C6H17ClO2Ti. The summed E-state index contributed by atoms with van der Waals surface area (Å²) in [6, 6.07) is 0. The van der Waals surface area contributed by atoms with Gasteiger partial charge < -0.3 is 10.2 Å². The van der Waals surface area contributed by atoms with E-state index in [0.29, 0.717) is 0 Å². The van der Waals surface area contributed by atoms with Gasteiger partial charge >= 0.3 is 0 Å². The summed E-state index contributed by atoms with van der Waals surface area (Å²) < 4.78 is 0. The maximum Gasteiger partial charge on any atom is 0.0483 e. The van der Waals surface area contributed by atoms with Gasteiger partial charge in [-0.3, -0.25) is 0 Å². The number of aliphatic hydroxyl groups is 2. The van der Waals surface area contributed by atoms with Crippen LogP contribution >= 0.6 is 12.4 Å². The Morgan fingerprint density at radius 1 is 0.800 bits per heavy atom. The second kappa shape index (κ2) is 16.5. The van der Waals surface area contributed by atoms with Crippen LogP contribution in [-0.4, -0.2) is 22.4 Å². The Morgan fingerprint density at radius 2 is 0.800 bits per heavy atom. The molecule has 0 aliphatic heterocycles. The SMILES string of the molecule is CC(C)O.CC(C)O.Cl.[Ti]. The van der Waals surface area contributed by atoms with Gasteiger partial charge in [0.1, 0.15) is 0 Å². The van der Waals surface area contributed by atoms with Gasteiger partial charge in [-0.05, 0) is 27.7 Å². The molecule has 0 bridgehead atoms. The van der Waals surface area contributed by atoms with Crippen molar-refractivity contribution in [2.24, 2.45) is 0 Å². The molecule has 0 atom stereocenters. The molecule has 0 saturated heterocycles. The first kappa shape index (κ1) is 22.4. The smallest absolute Gasteiger partial charge is 0.0483 e. The minimum Gasteiger partial charge on any atom is -0.394 e. The Balaban J connectivity index is -0.0000000300. The van der Waals surface area contributed by atoms with Crippen molar-refractivity contribution >= 4 is 12.4 Å². The van der Waals surface area contributed by atoms with E-state index in [1.54, 1.807) is 27.7 Å². The Bertz CT molecular complexity index is 31.2. The minimum atomic E-state index is -0.167. The van der Waals surface area contributed by atoms with E-state index in [1.807, 2.05) is 0 Å². The minimum absolute atomic E-state index is 0. The molecule has 0 aliphatic carbocycles. The molecule has 0 aromatic heterocycles. The number of rotatable bonds is 0. The fraction of sp³-hybridized carbons (Fsp3) is 1.00. The van der Waals surface area contributed by atoms with Gasteiger partial charge in [-0.1, -0.05) is 0 Å². The molecule has 10 heavy (non-hydrogen) atoms. The van der Waals surface area contributed by atoms with E-state index in [2.05, 4.69) is 0 Å². The van der Waals surface area contributed by atoms with Crippen LogP contribution in [-0.2, 0) is 21.7 Å². The summed E-state index contributed by atoms with van der Waals surface area (Å²) in [5, 5.41) is 16.1. The zero-order chi connectivity index (χ0) is 7.15. The molecular weight excluding hydrogens is 187 g/mol. The van der Waals surface area contributed by atoms with Crippen molar-refractivity contribution in [2.45, 2.75) is 39.9 Å². The molecule has 0 heterocycles. The molecule has 0 aliphatic rings. The van der Waals surface area contributed by atoms with Crippen molar-refractivity contribution in [2.75, 3.05) is 0 Å². The van der Waals surface area contributed by atoms with E-state index < -0.39 is 0 Å². The van der Waals surface area contributed by atoms with Gasteiger partial charge in [-0.2, -0.15) is 0 Å². The van der Waals surface area contributed by atoms with Gasteiger partial charge in [0.2, 0.25) is 0 Å². The molecule has 4 heteroatoms. The third kappa shape index (κ3) is 656. The van der Waals surface area contributed by atoms with Crippen molar-refractivity contribution < 1.29 is 31.9 Å². The normalized spacial score (nSPS) is 7.20. The number of hydrogen-bond donors (Lipinski definition) is 2. The zero-order valence-electron chi connectivity index (χ0n) is 6.96. The molecule has 0 aromatic rings. The summed E-state index contributed by atoms with van der Waals surface area (Å²) in [5.41, 5.74) is 0. The fourth-order valence-electron chi connectivity index (χ4n) is 0. The van der Waals surface area contributed by atoms with Crippen molar-refractivity contribution in [3.8, 4) is 0 Å². The first-order chi connectivity index (χ1) is 3.46. The van der Waals surface area contributed by atoms with E-state index in [-0.39, 0.29) is 46.3 Å². The van der Waals surface area contributed by atoms with Gasteiger partial charge in [0, 0.05) is 33.9 Å². The van der Waals surface area contributed by atoms with E-state index in [1.165, 1.54) is 0 Å². The van der Waals surface area contributed by atoms with Crippen LogP contribution in [0.25, 0.3) is 0 Å². The van der Waals surface area contributed by atoms with E-state index in [0.717, 1.165) is 0 Å². The van der Waals surface area contributed by atoms with Crippen LogP contribution in [0.5, 0.6) is 0 Å². The summed E-state index contributed by atoms with van der Waals surface area (Å²) in [4.78, 5) is 0. The average Bonchev–Trinajstić information content (AvgIpc) is 1.25. The number of aliphatic hydroxyl groups excluding tert-OH is 2. The summed E-state index contributed by atoms with van der Waals surface area (Å²) in [6.07, 6.45) is -0.333. The van der Waals surface area contributed by atoms with Crippen LogP contribution in [0.2, 0.25) is 0 Å². The Hall–Kier alpha value is 0.924. The Kier molecular flexibility index (Phi) is 37.0. The number of hydrogen-bond acceptors (Lipinski definition) is 2. The molecule has 0 spiro atoms. The first-order valence-corrected chi connectivity index (χ1v) is 2.83. The van der Waals surface area contributed by atoms with Crippen LogP contribution < -0.4 is 0 Å². The van der Waals surface area contributed by atoms with E-state index in [9.17, 15) is 0 Å². The van der Waals surface area contributed by atoms with Gasteiger partial charge in [0.15, 0.2) is 0 Å². The molecule has 2 N–H and O–H groups in total. The van der Waals surface area contributed by atoms with Crippen LogP contribution in [0.4, 0.5) is 0 Å². The topological polar surface area (TPSA) is 40.5 Å². The second-order valence-electron chi connectivity index (χ2n) is 2.19. The fourth-order valence-corrected chi connectivity index (χ4v) is 0. The van der Waals surface area contributed by atoms with Gasteiger partial charge in [0.05, 0.1) is 0 Å². The summed E-state index contributed by atoms with van der Waals surface area (Å²) >= 11 is 0. The summed E-state index contributed by atoms with van der Waals surface area (Å²) in [5.74, 6) is 0. The Morgan fingerprint density at radius 3 is 0.800 bits per heavy atom. The maximum absolute atomic E-state index is 8.06. The molecule has 0 radical (unpaired) electrons. The molecule has 64 valence electrons. The largest absolute Gasteiger partial charge is 0.394 e. The van der Waals surface area contributed by atoms with E-state index in [4.69, 9.17) is 10.2 Å².